The van der Waals surface area contributed by atoms with Crippen LogP contribution >= 0.6 is 23.8 Å². The molecule has 1 unspecified atom stereocenters. The lowest BCUT2D eigenvalue weighted by atomic mass is 9.88. The minimum absolute atomic E-state index is 0.161. The van der Waals surface area contributed by atoms with Crippen LogP contribution < -0.4 is 10.6 Å². The van der Waals surface area contributed by atoms with Gasteiger partial charge in [-0.25, -0.2) is 0 Å². The topological polar surface area (TPSA) is 41.1 Å². The van der Waals surface area contributed by atoms with Crippen molar-refractivity contribution in [3.8, 4) is 0 Å². The minimum Gasteiger partial charge on any atom is -0.351 e. The fraction of sp³-hybridized carbons (Fsp3) is 0.412. The highest BCUT2D eigenvalue weighted by Gasteiger charge is 2.30. The van der Waals surface area contributed by atoms with Gasteiger partial charge in [-0.1, -0.05) is 44.5 Å². The van der Waals surface area contributed by atoms with Crippen molar-refractivity contribution in [2.75, 3.05) is 0 Å². The molecule has 0 aromatic heterocycles. The molecule has 1 aliphatic rings. The van der Waals surface area contributed by atoms with Crippen LogP contribution in [0.5, 0.6) is 0 Å². The summed E-state index contributed by atoms with van der Waals surface area (Å²) in [4.78, 5) is 12.7. The summed E-state index contributed by atoms with van der Waals surface area (Å²) in [5.74, 6) is 0.479. The SMILES string of the molecule is CCC1=C(C(=O)CC(C)C)C(c2ccc(Cl)cc2)NC(=S)N1. The molecule has 5 heteroatoms. The Hall–Kier alpha value is -1.39. The zero-order chi connectivity index (χ0) is 16.3. The van der Waals surface area contributed by atoms with Gasteiger partial charge in [-0.05, 0) is 42.3 Å². The molecule has 0 saturated carbocycles. The second-order valence-electron chi connectivity index (χ2n) is 5.85. The van der Waals surface area contributed by atoms with Crippen LogP contribution in [-0.2, 0) is 4.79 Å². The number of carbonyl (C=O) groups excluding carboxylic acids is 1. The van der Waals surface area contributed by atoms with E-state index in [0.29, 0.717) is 22.5 Å². The van der Waals surface area contributed by atoms with E-state index in [1.807, 2.05) is 31.2 Å². The largest absolute Gasteiger partial charge is 0.351 e. The Morgan fingerprint density at radius 1 is 1.32 bits per heavy atom. The first-order chi connectivity index (χ1) is 10.4. The number of hydrogen-bond acceptors (Lipinski definition) is 2. The normalized spacial score (nSPS) is 18.2. The third-order valence-electron chi connectivity index (χ3n) is 3.60. The van der Waals surface area contributed by atoms with Gasteiger partial charge in [-0.3, -0.25) is 4.79 Å². The van der Waals surface area contributed by atoms with Gasteiger partial charge in [0.25, 0.3) is 0 Å². The van der Waals surface area contributed by atoms with E-state index in [1.54, 1.807) is 0 Å². The fourth-order valence-corrected chi connectivity index (χ4v) is 2.98. The summed E-state index contributed by atoms with van der Waals surface area (Å²) in [5, 5.41) is 7.58. The van der Waals surface area contributed by atoms with Gasteiger partial charge in [0.2, 0.25) is 0 Å². The molecule has 0 spiro atoms. The first kappa shape index (κ1) is 17.0. The van der Waals surface area contributed by atoms with Gasteiger partial charge in [0.1, 0.15) is 0 Å². The Kier molecular flexibility index (Phi) is 5.59. The highest BCUT2D eigenvalue weighted by atomic mass is 35.5. The highest BCUT2D eigenvalue weighted by molar-refractivity contribution is 7.80. The van der Waals surface area contributed by atoms with Crippen LogP contribution in [0.3, 0.4) is 0 Å². The molecular formula is C17H21ClN2OS. The summed E-state index contributed by atoms with van der Waals surface area (Å²) < 4.78 is 0. The maximum absolute atomic E-state index is 12.7. The van der Waals surface area contributed by atoms with Crippen LogP contribution in [0.15, 0.2) is 35.5 Å². The van der Waals surface area contributed by atoms with Crippen molar-refractivity contribution >= 4 is 34.7 Å². The molecule has 0 saturated heterocycles. The molecule has 0 amide bonds. The van der Waals surface area contributed by atoms with Crippen LogP contribution in [0.4, 0.5) is 0 Å². The molecule has 2 N–H and O–H groups in total. The van der Waals surface area contributed by atoms with Crippen LogP contribution in [0.1, 0.15) is 45.2 Å². The predicted molar refractivity (Wildman–Crippen MR) is 94.8 cm³/mol. The number of benzene rings is 1. The van der Waals surface area contributed by atoms with Crippen molar-refractivity contribution in [3.63, 3.8) is 0 Å². The third-order valence-corrected chi connectivity index (χ3v) is 4.08. The smallest absolute Gasteiger partial charge is 0.171 e. The highest BCUT2D eigenvalue weighted by Crippen LogP contribution is 2.30. The molecule has 22 heavy (non-hydrogen) atoms. The van der Waals surface area contributed by atoms with E-state index in [2.05, 4.69) is 24.5 Å². The zero-order valence-electron chi connectivity index (χ0n) is 13.1. The van der Waals surface area contributed by atoms with Crippen molar-refractivity contribution in [2.45, 2.75) is 39.7 Å². The van der Waals surface area contributed by atoms with Crippen LogP contribution in [0.25, 0.3) is 0 Å². The average molecular weight is 337 g/mol. The molecule has 1 aliphatic heterocycles. The van der Waals surface area contributed by atoms with E-state index >= 15 is 0 Å². The Morgan fingerprint density at radius 2 is 1.95 bits per heavy atom. The molecule has 1 heterocycles. The van der Waals surface area contributed by atoms with Crippen molar-refractivity contribution in [3.05, 3.63) is 46.1 Å². The van der Waals surface area contributed by atoms with Crippen molar-refractivity contribution in [1.29, 1.82) is 0 Å². The fourth-order valence-electron chi connectivity index (χ4n) is 2.61. The third kappa shape index (κ3) is 3.87. The summed E-state index contributed by atoms with van der Waals surface area (Å²) in [6.07, 6.45) is 1.27. The van der Waals surface area contributed by atoms with Gasteiger partial charge in [-0.15, -0.1) is 0 Å². The Morgan fingerprint density at radius 3 is 2.50 bits per heavy atom. The Balaban J connectivity index is 2.45. The van der Waals surface area contributed by atoms with E-state index in [4.69, 9.17) is 23.8 Å². The number of nitrogens with one attached hydrogen (secondary N) is 2. The number of ketones is 1. The molecule has 118 valence electrons. The molecule has 1 aromatic rings. The van der Waals surface area contributed by atoms with Crippen molar-refractivity contribution in [2.24, 2.45) is 5.92 Å². The zero-order valence-corrected chi connectivity index (χ0v) is 14.6. The maximum Gasteiger partial charge on any atom is 0.171 e. The summed E-state index contributed by atoms with van der Waals surface area (Å²) in [6, 6.07) is 7.32. The average Bonchev–Trinajstić information content (AvgIpc) is 2.46. The van der Waals surface area contributed by atoms with E-state index in [1.165, 1.54) is 0 Å². The number of rotatable bonds is 5. The molecule has 0 fully saturated rings. The molecule has 1 atom stereocenters. The molecule has 0 radical (unpaired) electrons. The first-order valence-electron chi connectivity index (χ1n) is 7.51. The van der Waals surface area contributed by atoms with Gasteiger partial charge < -0.3 is 10.6 Å². The molecule has 1 aromatic carbocycles. The predicted octanol–water partition coefficient (Wildman–Crippen LogP) is 4.14. The second-order valence-corrected chi connectivity index (χ2v) is 6.69. The number of halogens is 1. The van der Waals surface area contributed by atoms with Gasteiger partial charge in [0.15, 0.2) is 10.9 Å². The second kappa shape index (κ2) is 7.25. The standard InChI is InChI=1S/C17H21ClN2OS/c1-4-13-15(14(21)9-10(2)3)16(20-17(22)19-13)11-5-7-12(18)8-6-11/h5-8,10,16H,4,9H2,1-3H3,(H2,19,20,22). The lowest BCUT2D eigenvalue weighted by Gasteiger charge is -2.31. The number of carbonyl (C=O) groups is 1. The number of hydrogen-bond donors (Lipinski definition) is 2. The molecule has 3 nitrogen and oxygen atoms in total. The van der Waals surface area contributed by atoms with E-state index < -0.39 is 0 Å². The number of thiocarbonyl (C=S) groups is 1. The summed E-state index contributed by atoms with van der Waals surface area (Å²) >= 11 is 11.3. The Bertz CT molecular complexity index is 608. The Labute approximate surface area is 142 Å². The molecular weight excluding hydrogens is 316 g/mol. The van der Waals surface area contributed by atoms with Crippen LogP contribution in [-0.4, -0.2) is 10.9 Å². The summed E-state index contributed by atoms with van der Waals surface area (Å²) in [6.45, 7) is 6.13. The minimum atomic E-state index is -0.216. The number of allylic oxidation sites excluding steroid dienone is 1. The number of Topliss-reactive ketones (excluding diaryl/α,β-unsaturated/α-hetero) is 1. The van der Waals surface area contributed by atoms with Crippen molar-refractivity contribution < 1.29 is 4.79 Å². The van der Waals surface area contributed by atoms with Crippen LogP contribution in [0.2, 0.25) is 5.02 Å². The maximum atomic E-state index is 12.7. The van der Waals surface area contributed by atoms with Crippen molar-refractivity contribution in [1.82, 2.24) is 10.6 Å². The summed E-state index contributed by atoms with van der Waals surface area (Å²) in [5.41, 5.74) is 2.69. The van der Waals surface area contributed by atoms with Gasteiger partial charge in [0.05, 0.1) is 6.04 Å². The van der Waals surface area contributed by atoms with E-state index in [-0.39, 0.29) is 11.8 Å². The monoisotopic (exact) mass is 336 g/mol. The lowest BCUT2D eigenvalue weighted by molar-refractivity contribution is -0.116. The molecule has 2 rings (SSSR count). The van der Waals surface area contributed by atoms with Gasteiger partial charge in [0, 0.05) is 22.7 Å². The molecule has 0 bridgehead atoms. The van der Waals surface area contributed by atoms with Gasteiger partial charge >= 0.3 is 0 Å². The van der Waals surface area contributed by atoms with Crippen LogP contribution in [0, 0.1) is 5.92 Å². The molecule has 0 aliphatic carbocycles. The first-order valence-corrected chi connectivity index (χ1v) is 8.30. The lowest BCUT2D eigenvalue weighted by Crippen LogP contribution is -2.45. The van der Waals surface area contributed by atoms with E-state index in [0.717, 1.165) is 23.3 Å². The van der Waals surface area contributed by atoms with Gasteiger partial charge in [-0.2, -0.15) is 0 Å². The summed E-state index contributed by atoms with van der Waals surface area (Å²) in [7, 11) is 0. The van der Waals surface area contributed by atoms with E-state index in [9.17, 15) is 4.79 Å². The quantitative estimate of drug-likeness (QED) is 0.793.